The van der Waals surface area contributed by atoms with E-state index in [1.165, 1.54) is 6.33 Å². The number of hydrogen-bond acceptors (Lipinski definition) is 5. The molecule has 2 heterocycles. The Bertz CT molecular complexity index is 401. The molecule has 0 amide bonds. The number of rotatable bonds is 4. The van der Waals surface area contributed by atoms with Gasteiger partial charge < -0.3 is 14.7 Å². The van der Waals surface area contributed by atoms with Crippen LogP contribution in [0, 0.1) is 5.82 Å². The maximum atomic E-state index is 14.2. The molecular formula is C12H18FN3O2. The molecule has 5 nitrogen and oxygen atoms in total. The average molecular weight is 255 g/mol. The van der Waals surface area contributed by atoms with E-state index >= 15 is 0 Å². The number of morpholine rings is 1. The number of halogens is 1. The van der Waals surface area contributed by atoms with Crippen molar-refractivity contribution in [1.82, 2.24) is 9.97 Å². The minimum Gasteiger partial charge on any atom is -0.396 e. The Kier molecular flexibility index (Phi) is 4.43. The highest BCUT2D eigenvalue weighted by Gasteiger charge is 2.27. The van der Waals surface area contributed by atoms with Crippen LogP contribution in [0.1, 0.15) is 19.0 Å². The Balaban J connectivity index is 2.27. The molecule has 0 bridgehead atoms. The highest BCUT2D eigenvalue weighted by atomic mass is 19.1. The average Bonchev–Trinajstić information content (AvgIpc) is 2.40. The smallest absolute Gasteiger partial charge is 0.187 e. The number of ether oxygens (including phenoxy) is 1. The molecule has 1 aromatic rings. The third-order valence-corrected chi connectivity index (χ3v) is 3.14. The van der Waals surface area contributed by atoms with Gasteiger partial charge in [-0.05, 0) is 12.8 Å². The van der Waals surface area contributed by atoms with Gasteiger partial charge in [0.2, 0.25) is 0 Å². The van der Waals surface area contributed by atoms with Crippen LogP contribution < -0.4 is 4.90 Å². The predicted molar refractivity (Wildman–Crippen MR) is 65.0 cm³/mol. The number of aromatic nitrogens is 2. The highest BCUT2D eigenvalue weighted by molar-refractivity contribution is 5.42. The molecule has 1 fully saturated rings. The third-order valence-electron chi connectivity index (χ3n) is 3.14. The molecule has 0 aromatic carbocycles. The lowest BCUT2D eigenvalue weighted by Gasteiger charge is -2.36. The number of aliphatic hydroxyl groups excluding tert-OH is 1. The third kappa shape index (κ3) is 2.59. The van der Waals surface area contributed by atoms with Gasteiger partial charge in [0.05, 0.1) is 24.9 Å². The van der Waals surface area contributed by atoms with Crippen LogP contribution in [0.4, 0.5) is 10.2 Å². The first-order valence-electron chi connectivity index (χ1n) is 6.22. The van der Waals surface area contributed by atoms with E-state index in [1.807, 2.05) is 11.8 Å². The molecule has 6 heteroatoms. The van der Waals surface area contributed by atoms with Crippen LogP contribution in [0.2, 0.25) is 0 Å². The van der Waals surface area contributed by atoms with E-state index < -0.39 is 0 Å². The largest absolute Gasteiger partial charge is 0.396 e. The van der Waals surface area contributed by atoms with Gasteiger partial charge in [0, 0.05) is 13.2 Å². The number of anilines is 1. The van der Waals surface area contributed by atoms with Crippen LogP contribution in [-0.4, -0.2) is 47.5 Å². The van der Waals surface area contributed by atoms with Gasteiger partial charge in [-0.25, -0.2) is 14.4 Å². The van der Waals surface area contributed by atoms with E-state index in [4.69, 9.17) is 9.84 Å². The van der Waals surface area contributed by atoms with E-state index in [-0.39, 0.29) is 18.5 Å². The monoisotopic (exact) mass is 255 g/mol. The van der Waals surface area contributed by atoms with E-state index in [0.717, 1.165) is 0 Å². The number of hydrogen-bond donors (Lipinski definition) is 1. The molecule has 1 saturated heterocycles. The van der Waals surface area contributed by atoms with E-state index in [2.05, 4.69) is 9.97 Å². The molecule has 1 aliphatic rings. The fourth-order valence-corrected chi connectivity index (χ4v) is 2.16. The molecule has 1 N–H and O–H groups in total. The lowest BCUT2D eigenvalue weighted by molar-refractivity contribution is 0.0841. The zero-order valence-corrected chi connectivity index (χ0v) is 10.5. The van der Waals surface area contributed by atoms with Crippen molar-refractivity contribution < 1.29 is 14.2 Å². The first-order valence-corrected chi connectivity index (χ1v) is 6.22. The summed E-state index contributed by atoms with van der Waals surface area (Å²) in [6.07, 6.45) is 2.48. The molecule has 100 valence electrons. The second-order valence-corrected chi connectivity index (χ2v) is 4.25. The summed E-state index contributed by atoms with van der Waals surface area (Å²) in [5.74, 6) is -0.0339. The minimum atomic E-state index is -0.357. The maximum absolute atomic E-state index is 14.2. The second kappa shape index (κ2) is 6.06. The molecule has 0 saturated carbocycles. The van der Waals surface area contributed by atoms with E-state index in [1.54, 1.807) is 0 Å². The molecule has 0 aliphatic carbocycles. The molecule has 0 spiro atoms. The Morgan fingerprint density at radius 1 is 1.56 bits per heavy atom. The quantitative estimate of drug-likeness (QED) is 0.861. The van der Waals surface area contributed by atoms with Gasteiger partial charge in [0.25, 0.3) is 0 Å². The second-order valence-electron chi connectivity index (χ2n) is 4.25. The SMILES string of the molecule is CCc1ncnc(N2CCOC[C@@H]2CCO)c1F. The Morgan fingerprint density at radius 3 is 3.11 bits per heavy atom. The summed E-state index contributed by atoms with van der Waals surface area (Å²) in [5, 5.41) is 9.04. The standard InChI is InChI=1S/C12H18FN3O2/c1-2-10-11(13)12(15-8-14-10)16-4-6-18-7-9(16)3-5-17/h8-9,17H,2-7H2,1H3/t9-/m0/s1. The van der Waals surface area contributed by atoms with Gasteiger partial charge in [0.1, 0.15) is 6.33 Å². The van der Waals surface area contributed by atoms with Crippen LogP contribution in [0.25, 0.3) is 0 Å². The summed E-state index contributed by atoms with van der Waals surface area (Å²) in [7, 11) is 0. The summed E-state index contributed by atoms with van der Waals surface area (Å²) in [6, 6.07) is -0.0298. The van der Waals surface area contributed by atoms with Crippen molar-refractivity contribution in [1.29, 1.82) is 0 Å². The van der Waals surface area contributed by atoms with Crippen molar-refractivity contribution >= 4 is 5.82 Å². The van der Waals surface area contributed by atoms with Crippen LogP contribution in [-0.2, 0) is 11.2 Å². The van der Waals surface area contributed by atoms with Gasteiger partial charge in [-0.2, -0.15) is 0 Å². The van der Waals surface area contributed by atoms with Crippen LogP contribution in [0.15, 0.2) is 6.33 Å². The van der Waals surface area contributed by atoms with Crippen LogP contribution in [0.3, 0.4) is 0 Å². The summed E-state index contributed by atoms with van der Waals surface area (Å²) >= 11 is 0. The van der Waals surface area contributed by atoms with Crippen molar-refractivity contribution in [2.24, 2.45) is 0 Å². The van der Waals surface area contributed by atoms with Gasteiger partial charge in [-0.1, -0.05) is 6.92 Å². The Hall–Kier alpha value is -1.27. The van der Waals surface area contributed by atoms with Crippen molar-refractivity contribution in [3.05, 3.63) is 17.8 Å². The van der Waals surface area contributed by atoms with Crippen molar-refractivity contribution in [3.63, 3.8) is 0 Å². The highest BCUT2D eigenvalue weighted by Crippen LogP contribution is 2.23. The van der Waals surface area contributed by atoms with E-state index in [9.17, 15) is 4.39 Å². The van der Waals surface area contributed by atoms with Gasteiger partial charge >= 0.3 is 0 Å². The summed E-state index contributed by atoms with van der Waals surface area (Å²) in [4.78, 5) is 9.85. The number of aliphatic hydroxyl groups is 1. The fraction of sp³-hybridized carbons (Fsp3) is 0.667. The first-order chi connectivity index (χ1) is 8.77. The lowest BCUT2D eigenvalue weighted by Crippen LogP contribution is -2.47. The Labute approximate surface area is 106 Å². The maximum Gasteiger partial charge on any atom is 0.187 e. The topological polar surface area (TPSA) is 58.5 Å². The molecule has 0 unspecified atom stereocenters. The summed E-state index contributed by atoms with van der Waals surface area (Å²) < 4.78 is 19.6. The van der Waals surface area contributed by atoms with Gasteiger partial charge in [0.15, 0.2) is 11.6 Å². The van der Waals surface area contributed by atoms with Crippen molar-refractivity contribution in [2.75, 3.05) is 31.3 Å². The van der Waals surface area contributed by atoms with Gasteiger partial charge in [-0.3, -0.25) is 0 Å². The van der Waals surface area contributed by atoms with Crippen LogP contribution in [0.5, 0.6) is 0 Å². The van der Waals surface area contributed by atoms with Crippen molar-refractivity contribution in [2.45, 2.75) is 25.8 Å². The van der Waals surface area contributed by atoms with Crippen molar-refractivity contribution in [3.8, 4) is 0 Å². The molecule has 0 radical (unpaired) electrons. The zero-order valence-electron chi connectivity index (χ0n) is 10.5. The fourth-order valence-electron chi connectivity index (χ4n) is 2.16. The molecule has 18 heavy (non-hydrogen) atoms. The summed E-state index contributed by atoms with van der Waals surface area (Å²) in [6.45, 7) is 3.54. The predicted octanol–water partition coefficient (Wildman–Crippen LogP) is 0.766. The Morgan fingerprint density at radius 2 is 2.39 bits per heavy atom. The molecule has 2 rings (SSSR count). The lowest BCUT2D eigenvalue weighted by atomic mass is 10.1. The normalized spacial score (nSPS) is 20.2. The molecule has 1 atom stereocenters. The zero-order chi connectivity index (χ0) is 13.0. The molecule has 1 aromatic heterocycles. The molecular weight excluding hydrogens is 237 g/mol. The number of nitrogens with zero attached hydrogens (tertiary/aromatic N) is 3. The van der Waals surface area contributed by atoms with Crippen LogP contribution >= 0.6 is 0 Å². The molecule has 1 aliphatic heterocycles. The number of aryl methyl sites for hydroxylation is 1. The first kappa shape index (κ1) is 13.2. The van der Waals surface area contributed by atoms with E-state index in [0.29, 0.717) is 44.1 Å². The summed E-state index contributed by atoms with van der Waals surface area (Å²) in [5.41, 5.74) is 0.425. The minimum absolute atomic E-state index is 0.0298. The van der Waals surface area contributed by atoms with Gasteiger partial charge in [-0.15, -0.1) is 0 Å².